The average molecular weight is 158 g/mol. The number of nitrogens with zero attached hydrogens (tertiary/aromatic N) is 1. The van der Waals surface area contributed by atoms with Gasteiger partial charge in [0.2, 0.25) is 0 Å². The first-order chi connectivity index (χ1) is 4.92. The SMILES string of the molecule is CN(C)CCCCC(C)(C)N. The van der Waals surface area contributed by atoms with Crippen LogP contribution in [0.25, 0.3) is 0 Å². The number of rotatable bonds is 5. The van der Waals surface area contributed by atoms with Gasteiger partial charge in [-0.05, 0) is 47.3 Å². The molecule has 0 aliphatic heterocycles. The maximum absolute atomic E-state index is 5.84. The van der Waals surface area contributed by atoms with Crippen LogP contribution in [0.4, 0.5) is 0 Å². The van der Waals surface area contributed by atoms with Gasteiger partial charge in [-0.1, -0.05) is 6.42 Å². The smallest absolute Gasteiger partial charge is 0.00970 e. The molecule has 68 valence electrons. The molecule has 0 saturated heterocycles. The molecule has 0 aliphatic carbocycles. The zero-order chi connectivity index (χ0) is 8.91. The minimum atomic E-state index is 0.0202. The first-order valence-corrected chi connectivity index (χ1v) is 4.35. The van der Waals surface area contributed by atoms with E-state index in [9.17, 15) is 0 Å². The quantitative estimate of drug-likeness (QED) is 0.614. The van der Waals surface area contributed by atoms with Crippen LogP contribution in [0.3, 0.4) is 0 Å². The van der Waals surface area contributed by atoms with Crippen molar-refractivity contribution >= 4 is 0 Å². The highest BCUT2D eigenvalue weighted by atomic mass is 15.0. The number of nitrogens with two attached hydrogens (primary N) is 1. The second-order valence-corrected chi connectivity index (χ2v) is 4.25. The molecule has 0 atom stereocenters. The van der Waals surface area contributed by atoms with Crippen molar-refractivity contribution < 1.29 is 0 Å². The van der Waals surface area contributed by atoms with E-state index in [1.54, 1.807) is 0 Å². The first-order valence-electron chi connectivity index (χ1n) is 4.35. The second kappa shape index (κ2) is 4.73. The average Bonchev–Trinajstić information content (AvgIpc) is 1.78. The van der Waals surface area contributed by atoms with Crippen LogP contribution in [0, 0.1) is 0 Å². The van der Waals surface area contributed by atoms with Gasteiger partial charge in [-0.3, -0.25) is 0 Å². The fraction of sp³-hybridized carbons (Fsp3) is 1.00. The van der Waals surface area contributed by atoms with Crippen molar-refractivity contribution in [2.24, 2.45) is 5.73 Å². The molecule has 0 radical (unpaired) electrons. The van der Waals surface area contributed by atoms with Crippen molar-refractivity contribution in [3.8, 4) is 0 Å². The van der Waals surface area contributed by atoms with E-state index in [0.717, 1.165) is 6.42 Å². The van der Waals surface area contributed by atoms with Gasteiger partial charge in [0.15, 0.2) is 0 Å². The highest BCUT2D eigenvalue weighted by Gasteiger charge is 2.08. The topological polar surface area (TPSA) is 29.3 Å². The van der Waals surface area contributed by atoms with E-state index in [0.29, 0.717) is 0 Å². The monoisotopic (exact) mass is 158 g/mol. The Bertz CT molecular complexity index is 92.2. The van der Waals surface area contributed by atoms with Crippen molar-refractivity contribution in [1.29, 1.82) is 0 Å². The lowest BCUT2D eigenvalue weighted by molar-refractivity contribution is 0.371. The molecular weight excluding hydrogens is 136 g/mol. The molecule has 0 bridgehead atoms. The predicted octanol–water partition coefficient (Wildman–Crippen LogP) is 1.46. The van der Waals surface area contributed by atoms with Crippen molar-refractivity contribution in [3.63, 3.8) is 0 Å². The third kappa shape index (κ3) is 9.92. The van der Waals surface area contributed by atoms with Crippen LogP contribution in [0.15, 0.2) is 0 Å². The van der Waals surface area contributed by atoms with Crippen molar-refractivity contribution in [2.45, 2.75) is 38.6 Å². The fourth-order valence-corrected chi connectivity index (χ4v) is 1.01. The summed E-state index contributed by atoms with van der Waals surface area (Å²) in [4.78, 5) is 2.21. The van der Waals surface area contributed by atoms with Gasteiger partial charge < -0.3 is 10.6 Å². The molecule has 0 unspecified atom stereocenters. The Morgan fingerprint density at radius 1 is 1.18 bits per heavy atom. The summed E-state index contributed by atoms with van der Waals surface area (Å²) >= 11 is 0. The molecule has 0 fully saturated rings. The molecule has 0 spiro atoms. The minimum absolute atomic E-state index is 0.0202. The molecule has 0 aliphatic rings. The molecule has 0 rings (SSSR count). The summed E-state index contributed by atoms with van der Waals surface area (Å²) in [5.41, 5.74) is 5.86. The lowest BCUT2D eigenvalue weighted by Crippen LogP contribution is -2.31. The lowest BCUT2D eigenvalue weighted by atomic mass is 9.99. The minimum Gasteiger partial charge on any atom is -0.326 e. The Hall–Kier alpha value is -0.0800. The van der Waals surface area contributed by atoms with Gasteiger partial charge in [0.1, 0.15) is 0 Å². The second-order valence-electron chi connectivity index (χ2n) is 4.25. The molecular formula is C9H22N2. The number of hydrogen-bond donors (Lipinski definition) is 1. The molecule has 0 aromatic carbocycles. The van der Waals surface area contributed by atoms with Gasteiger partial charge in [-0.15, -0.1) is 0 Å². The van der Waals surface area contributed by atoms with E-state index >= 15 is 0 Å². The number of unbranched alkanes of at least 4 members (excludes halogenated alkanes) is 1. The van der Waals surface area contributed by atoms with E-state index < -0.39 is 0 Å². The van der Waals surface area contributed by atoms with E-state index in [1.165, 1.54) is 19.4 Å². The van der Waals surface area contributed by atoms with Gasteiger partial charge >= 0.3 is 0 Å². The predicted molar refractivity (Wildman–Crippen MR) is 50.7 cm³/mol. The van der Waals surface area contributed by atoms with Gasteiger partial charge in [-0.2, -0.15) is 0 Å². The van der Waals surface area contributed by atoms with E-state index in [1.807, 2.05) is 0 Å². The Balaban J connectivity index is 3.15. The van der Waals surface area contributed by atoms with Crippen LogP contribution >= 0.6 is 0 Å². The third-order valence-corrected chi connectivity index (χ3v) is 1.68. The van der Waals surface area contributed by atoms with Crippen molar-refractivity contribution in [2.75, 3.05) is 20.6 Å². The van der Waals surface area contributed by atoms with Gasteiger partial charge in [0.05, 0.1) is 0 Å². The van der Waals surface area contributed by atoms with E-state index in [4.69, 9.17) is 5.73 Å². The van der Waals surface area contributed by atoms with Gasteiger partial charge in [0, 0.05) is 5.54 Å². The molecule has 0 aromatic rings. The normalized spacial score (nSPS) is 12.5. The molecule has 2 N–H and O–H groups in total. The van der Waals surface area contributed by atoms with Crippen LogP contribution in [-0.2, 0) is 0 Å². The Kier molecular flexibility index (Phi) is 4.69. The molecule has 0 heterocycles. The molecule has 2 heteroatoms. The molecule has 0 aromatic heterocycles. The lowest BCUT2D eigenvalue weighted by Gasteiger charge is -2.18. The summed E-state index contributed by atoms with van der Waals surface area (Å²) in [5.74, 6) is 0. The summed E-state index contributed by atoms with van der Waals surface area (Å²) in [6, 6.07) is 0. The summed E-state index contributed by atoms with van der Waals surface area (Å²) in [7, 11) is 4.21. The first kappa shape index (κ1) is 10.9. The molecule has 0 saturated carbocycles. The maximum Gasteiger partial charge on any atom is 0.00970 e. The Morgan fingerprint density at radius 3 is 2.09 bits per heavy atom. The molecule has 2 nitrogen and oxygen atoms in total. The largest absolute Gasteiger partial charge is 0.326 e. The standard InChI is InChI=1S/C9H22N2/c1-9(2,10)7-5-6-8-11(3)4/h5-8,10H2,1-4H3. The fourth-order valence-electron chi connectivity index (χ4n) is 1.01. The summed E-state index contributed by atoms with van der Waals surface area (Å²) < 4.78 is 0. The number of hydrogen-bond acceptors (Lipinski definition) is 2. The highest BCUT2D eigenvalue weighted by molar-refractivity contribution is 4.70. The zero-order valence-corrected chi connectivity index (χ0v) is 8.35. The van der Waals surface area contributed by atoms with E-state index in [2.05, 4.69) is 32.8 Å². The van der Waals surface area contributed by atoms with Crippen LogP contribution in [0.2, 0.25) is 0 Å². The van der Waals surface area contributed by atoms with Crippen molar-refractivity contribution in [3.05, 3.63) is 0 Å². The maximum atomic E-state index is 5.84. The summed E-state index contributed by atoms with van der Waals surface area (Å²) in [6.45, 7) is 5.35. The van der Waals surface area contributed by atoms with Crippen molar-refractivity contribution in [1.82, 2.24) is 4.90 Å². The van der Waals surface area contributed by atoms with Crippen LogP contribution in [0.5, 0.6) is 0 Å². The van der Waals surface area contributed by atoms with Crippen LogP contribution in [-0.4, -0.2) is 31.1 Å². The zero-order valence-electron chi connectivity index (χ0n) is 8.35. The Labute approximate surface area is 70.8 Å². The van der Waals surface area contributed by atoms with Crippen LogP contribution in [0.1, 0.15) is 33.1 Å². The summed E-state index contributed by atoms with van der Waals surface area (Å²) in [5, 5.41) is 0. The van der Waals surface area contributed by atoms with Gasteiger partial charge in [-0.25, -0.2) is 0 Å². The molecule has 11 heavy (non-hydrogen) atoms. The van der Waals surface area contributed by atoms with Crippen LogP contribution < -0.4 is 5.73 Å². The van der Waals surface area contributed by atoms with Gasteiger partial charge in [0.25, 0.3) is 0 Å². The summed E-state index contributed by atoms with van der Waals surface area (Å²) in [6.07, 6.45) is 3.62. The van der Waals surface area contributed by atoms with E-state index in [-0.39, 0.29) is 5.54 Å². The third-order valence-electron chi connectivity index (χ3n) is 1.68. The Morgan fingerprint density at radius 2 is 1.73 bits per heavy atom. The molecule has 0 amide bonds. The highest BCUT2D eigenvalue weighted by Crippen LogP contribution is 2.08.